The molecule has 0 aliphatic heterocycles. The van der Waals surface area contributed by atoms with Crippen molar-refractivity contribution >= 4 is 39.3 Å². The number of rotatable bonds is 4. The largest absolute Gasteiger partial charge is 0.129 e. The highest BCUT2D eigenvalue weighted by molar-refractivity contribution is 9.10. The summed E-state index contributed by atoms with van der Waals surface area (Å²) in [6, 6.07) is 16.7. The molecule has 0 bridgehead atoms. The van der Waals surface area contributed by atoms with Crippen molar-refractivity contribution < 1.29 is 0 Å². The Hall–Kier alpha value is -0.440. The minimum absolute atomic E-state index is 0.0230. The fourth-order valence-electron chi connectivity index (χ4n) is 1.86. The molecule has 94 valence electrons. The van der Waals surface area contributed by atoms with E-state index in [2.05, 4.69) is 64.7 Å². The minimum atomic E-state index is 0.0230. The summed E-state index contributed by atoms with van der Waals surface area (Å²) in [6.45, 7) is 0. The Morgan fingerprint density at radius 2 is 1.78 bits per heavy atom. The predicted octanol–water partition coefficient (Wildman–Crippen LogP) is 5.69. The first-order valence-corrected chi connectivity index (χ1v) is 8.17. The van der Waals surface area contributed by atoms with E-state index in [9.17, 15) is 0 Å². The van der Waals surface area contributed by atoms with Crippen molar-refractivity contribution in [2.75, 3.05) is 6.26 Å². The molecule has 0 aromatic heterocycles. The first-order valence-electron chi connectivity index (χ1n) is 5.72. The number of halogens is 2. The molecule has 0 spiro atoms. The second-order valence-electron chi connectivity index (χ2n) is 4.04. The van der Waals surface area contributed by atoms with E-state index in [1.54, 1.807) is 11.8 Å². The third-order valence-corrected chi connectivity index (χ3v) is 4.53. The lowest BCUT2D eigenvalue weighted by molar-refractivity contribution is 0.897. The molecule has 1 atom stereocenters. The normalized spacial score (nSPS) is 12.4. The third-order valence-electron chi connectivity index (χ3n) is 2.80. The number of thioether (sulfide) groups is 1. The minimum Gasteiger partial charge on any atom is -0.129 e. The summed E-state index contributed by atoms with van der Waals surface area (Å²) in [4.78, 5) is 1.26. The Balaban J connectivity index is 2.16. The van der Waals surface area contributed by atoms with Gasteiger partial charge in [-0.1, -0.05) is 46.3 Å². The predicted molar refractivity (Wildman–Crippen MR) is 84.7 cm³/mol. The summed E-state index contributed by atoms with van der Waals surface area (Å²) in [5, 5.41) is 0.0230. The van der Waals surface area contributed by atoms with Crippen molar-refractivity contribution in [2.24, 2.45) is 0 Å². The Labute approximate surface area is 126 Å². The molecule has 18 heavy (non-hydrogen) atoms. The molecule has 0 saturated carbocycles. The second-order valence-corrected chi connectivity index (χ2v) is 6.33. The molecule has 0 aliphatic carbocycles. The summed E-state index contributed by atoms with van der Waals surface area (Å²) in [7, 11) is 0. The summed E-state index contributed by atoms with van der Waals surface area (Å²) in [6.07, 6.45) is 2.94. The summed E-state index contributed by atoms with van der Waals surface area (Å²) in [5.41, 5.74) is 2.48. The van der Waals surface area contributed by atoms with Crippen LogP contribution in [0.5, 0.6) is 0 Å². The molecule has 2 aromatic carbocycles. The highest BCUT2D eigenvalue weighted by Gasteiger charge is 2.12. The van der Waals surface area contributed by atoms with E-state index in [-0.39, 0.29) is 5.38 Å². The average molecular weight is 342 g/mol. The van der Waals surface area contributed by atoms with E-state index in [0.717, 1.165) is 10.9 Å². The zero-order valence-corrected chi connectivity index (χ0v) is 13.2. The molecule has 2 aromatic rings. The highest BCUT2D eigenvalue weighted by atomic mass is 79.9. The third kappa shape index (κ3) is 3.53. The molecule has 0 heterocycles. The van der Waals surface area contributed by atoms with Crippen molar-refractivity contribution in [1.82, 2.24) is 0 Å². The monoisotopic (exact) mass is 340 g/mol. The molecule has 1 unspecified atom stereocenters. The summed E-state index contributed by atoms with van der Waals surface area (Å²) >= 11 is 11.7. The molecule has 3 heteroatoms. The van der Waals surface area contributed by atoms with Gasteiger partial charge in [-0.2, -0.15) is 0 Å². The number of alkyl halides is 1. The Bertz CT molecular complexity index is 510. The van der Waals surface area contributed by atoms with Crippen LogP contribution in [0.15, 0.2) is 57.9 Å². The Morgan fingerprint density at radius 3 is 2.44 bits per heavy atom. The first kappa shape index (κ1) is 14.0. The molecule has 0 saturated heterocycles. The molecular weight excluding hydrogens is 328 g/mol. The van der Waals surface area contributed by atoms with Crippen LogP contribution in [-0.2, 0) is 6.42 Å². The molecular formula is C15H14BrClS. The van der Waals surface area contributed by atoms with E-state index in [0.29, 0.717) is 0 Å². The fourth-order valence-corrected chi connectivity index (χ4v) is 3.22. The zero-order valence-electron chi connectivity index (χ0n) is 10.1. The van der Waals surface area contributed by atoms with E-state index in [1.807, 2.05) is 6.07 Å². The second kappa shape index (κ2) is 6.65. The van der Waals surface area contributed by atoms with Gasteiger partial charge in [-0.25, -0.2) is 0 Å². The van der Waals surface area contributed by atoms with E-state index < -0.39 is 0 Å². The lowest BCUT2D eigenvalue weighted by Gasteiger charge is -2.13. The van der Waals surface area contributed by atoms with Crippen LogP contribution in [0.2, 0.25) is 0 Å². The quantitative estimate of drug-likeness (QED) is 0.508. The maximum Gasteiger partial charge on any atom is 0.0636 e. The number of hydrogen-bond donors (Lipinski definition) is 0. The van der Waals surface area contributed by atoms with Crippen LogP contribution in [0, 0.1) is 0 Å². The summed E-state index contributed by atoms with van der Waals surface area (Å²) < 4.78 is 1.10. The van der Waals surface area contributed by atoms with Gasteiger partial charge in [-0.05, 0) is 42.0 Å². The fraction of sp³-hybridized carbons (Fsp3) is 0.200. The van der Waals surface area contributed by atoms with Crippen LogP contribution in [0.1, 0.15) is 16.5 Å². The van der Waals surface area contributed by atoms with Crippen molar-refractivity contribution in [3.8, 4) is 0 Å². The average Bonchev–Trinajstić information content (AvgIpc) is 2.41. The van der Waals surface area contributed by atoms with Crippen molar-refractivity contribution in [2.45, 2.75) is 16.7 Å². The summed E-state index contributed by atoms with van der Waals surface area (Å²) in [5.74, 6) is 0. The zero-order chi connectivity index (χ0) is 13.0. The molecule has 0 amide bonds. The van der Waals surface area contributed by atoms with Crippen molar-refractivity contribution in [1.29, 1.82) is 0 Å². The van der Waals surface area contributed by atoms with Gasteiger partial charge in [0.1, 0.15) is 0 Å². The van der Waals surface area contributed by atoms with Crippen LogP contribution in [-0.4, -0.2) is 6.26 Å². The van der Waals surface area contributed by atoms with Gasteiger partial charge in [-0.15, -0.1) is 23.4 Å². The molecule has 0 fully saturated rings. The topological polar surface area (TPSA) is 0 Å². The maximum atomic E-state index is 6.54. The van der Waals surface area contributed by atoms with E-state index >= 15 is 0 Å². The lowest BCUT2D eigenvalue weighted by Crippen LogP contribution is -1.97. The van der Waals surface area contributed by atoms with Gasteiger partial charge in [0, 0.05) is 9.37 Å². The van der Waals surface area contributed by atoms with Crippen LogP contribution in [0.4, 0.5) is 0 Å². The Kier molecular flexibility index (Phi) is 5.16. The van der Waals surface area contributed by atoms with Gasteiger partial charge < -0.3 is 0 Å². The molecule has 0 radical (unpaired) electrons. The van der Waals surface area contributed by atoms with Gasteiger partial charge in [0.25, 0.3) is 0 Å². The van der Waals surface area contributed by atoms with Gasteiger partial charge in [0.2, 0.25) is 0 Å². The Morgan fingerprint density at radius 1 is 1.11 bits per heavy atom. The van der Waals surface area contributed by atoms with Gasteiger partial charge >= 0.3 is 0 Å². The molecule has 0 aliphatic rings. The number of benzene rings is 2. The SMILES string of the molecule is CSc1ccccc1C(Cl)Cc1ccc(Br)cc1. The smallest absolute Gasteiger partial charge is 0.0636 e. The highest BCUT2D eigenvalue weighted by Crippen LogP contribution is 2.32. The van der Waals surface area contributed by atoms with Crippen molar-refractivity contribution in [3.05, 3.63) is 64.1 Å². The van der Waals surface area contributed by atoms with Gasteiger partial charge in [-0.3, -0.25) is 0 Å². The van der Waals surface area contributed by atoms with Gasteiger partial charge in [0.15, 0.2) is 0 Å². The van der Waals surface area contributed by atoms with E-state index in [4.69, 9.17) is 11.6 Å². The first-order chi connectivity index (χ1) is 8.70. The van der Waals surface area contributed by atoms with Crippen LogP contribution < -0.4 is 0 Å². The van der Waals surface area contributed by atoms with Crippen molar-refractivity contribution in [3.63, 3.8) is 0 Å². The molecule has 0 nitrogen and oxygen atoms in total. The van der Waals surface area contributed by atoms with E-state index in [1.165, 1.54) is 16.0 Å². The maximum absolute atomic E-state index is 6.54. The lowest BCUT2D eigenvalue weighted by atomic mass is 10.0. The standard InChI is InChI=1S/C15H14BrClS/c1-18-15-5-3-2-4-13(15)14(17)10-11-6-8-12(16)9-7-11/h2-9,14H,10H2,1H3. The molecule has 2 rings (SSSR count). The number of hydrogen-bond acceptors (Lipinski definition) is 1. The van der Waals surface area contributed by atoms with Crippen LogP contribution in [0.3, 0.4) is 0 Å². The molecule has 0 N–H and O–H groups in total. The van der Waals surface area contributed by atoms with Crippen LogP contribution in [0.25, 0.3) is 0 Å². The van der Waals surface area contributed by atoms with Crippen LogP contribution >= 0.6 is 39.3 Å². The van der Waals surface area contributed by atoms with Gasteiger partial charge in [0.05, 0.1) is 5.38 Å².